The Balaban J connectivity index is 2.26. The molecule has 0 aromatic carbocycles. The van der Waals surface area contributed by atoms with Crippen LogP contribution in [0.5, 0.6) is 0 Å². The summed E-state index contributed by atoms with van der Waals surface area (Å²) >= 11 is 3.29. The molecule has 2 heterocycles. The molecule has 1 aromatic heterocycles. The number of piperidine rings is 1. The van der Waals surface area contributed by atoms with Crippen LogP contribution in [0.3, 0.4) is 0 Å². The van der Waals surface area contributed by atoms with Crippen molar-refractivity contribution < 1.29 is 4.79 Å². The number of pyridine rings is 1. The van der Waals surface area contributed by atoms with E-state index in [1.165, 1.54) is 0 Å². The predicted octanol–water partition coefficient (Wildman–Crippen LogP) is 1.42. The van der Waals surface area contributed by atoms with Crippen molar-refractivity contribution in [3.63, 3.8) is 0 Å². The molecule has 5 nitrogen and oxygen atoms in total. The molecule has 1 fully saturated rings. The first-order valence-corrected chi connectivity index (χ1v) is 6.51. The number of amides is 1. The van der Waals surface area contributed by atoms with Crippen molar-refractivity contribution >= 4 is 27.7 Å². The number of hydrogen-bond acceptors (Lipinski definition) is 4. The van der Waals surface area contributed by atoms with Crippen LogP contribution in [-0.4, -0.2) is 24.0 Å². The van der Waals surface area contributed by atoms with Crippen molar-refractivity contribution in [1.29, 1.82) is 5.26 Å². The van der Waals surface area contributed by atoms with Crippen LogP contribution in [0.2, 0.25) is 0 Å². The van der Waals surface area contributed by atoms with Gasteiger partial charge in [-0.2, -0.15) is 5.26 Å². The third-order valence-electron chi connectivity index (χ3n) is 3.08. The molecule has 1 aromatic rings. The lowest BCUT2D eigenvalue weighted by Gasteiger charge is -2.32. The van der Waals surface area contributed by atoms with Crippen LogP contribution in [0.1, 0.15) is 18.4 Å². The van der Waals surface area contributed by atoms with Crippen LogP contribution in [0.25, 0.3) is 0 Å². The number of hydrogen-bond donors (Lipinski definition) is 1. The molecule has 1 aliphatic rings. The molecular weight excluding hydrogens is 296 g/mol. The summed E-state index contributed by atoms with van der Waals surface area (Å²) in [5, 5.41) is 9.12. The molecule has 0 aliphatic carbocycles. The number of nitrogens with two attached hydrogens (primary N) is 1. The van der Waals surface area contributed by atoms with Crippen LogP contribution in [0.15, 0.2) is 16.7 Å². The van der Waals surface area contributed by atoms with E-state index >= 15 is 0 Å². The van der Waals surface area contributed by atoms with Crippen molar-refractivity contribution in [2.45, 2.75) is 12.8 Å². The Morgan fingerprint density at radius 3 is 3.11 bits per heavy atom. The Bertz CT molecular complexity index is 511. The fraction of sp³-hybridized carbons (Fsp3) is 0.417. The van der Waals surface area contributed by atoms with Crippen molar-refractivity contribution in [1.82, 2.24) is 4.98 Å². The second-order valence-corrected chi connectivity index (χ2v) is 5.24. The fourth-order valence-corrected chi connectivity index (χ4v) is 2.50. The van der Waals surface area contributed by atoms with Gasteiger partial charge in [-0.15, -0.1) is 0 Å². The van der Waals surface area contributed by atoms with Gasteiger partial charge in [0, 0.05) is 23.8 Å². The molecule has 1 amide bonds. The summed E-state index contributed by atoms with van der Waals surface area (Å²) in [7, 11) is 0. The van der Waals surface area contributed by atoms with E-state index in [9.17, 15) is 4.79 Å². The summed E-state index contributed by atoms with van der Waals surface area (Å²) in [6, 6.07) is 3.86. The van der Waals surface area contributed by atoms with Gasteiger partial charge in [0.05, 0.1) is 11.5 Å². The maximum Gasteiger partial charge on any atom is 0.222 e. The number of carbonyl (C=O) groups excluding carboxylic acids is 1. The Hall–Kier alpha value is -1.61. The van der Waals surface area contributed by atoms with Gasteiger partial charge in [-0.1, -0.05) is 0 Å². The molecule has 18 heavy (non-hydrogen) atoms. The van der Waals surface area contributed by atoms with Gasteiger partial charge in [0.25, 0.3) is 0 Å². The van der Waals surface area contributed by atoms with E-state index < -0.39 is 0 Å². The summed E-state index contributed by atoms with van der Waals surface area (Å²) in [6.07, 6.45) is 3.35. The van der Waals surface area contributed by atoms with Gasteiger partial charge in [-0.05, 0) is 34.8 Å². The molecule has 1 saturated heterocycles. The maximum atomic E-state index is 11.2. The van der Waals surface area contributed by atoms with Gasteiger partial charge in [0.2, 0.25) is 5.91 Å². The van der Waals surface area contributed by atoms with Crippen molar-refractivity contribution in [2.24, 2.45) is 11.7 Å². The van der Waals surface area contributed by atoms with E-state index in [1.54, 1.807) is 12.3 Å². The molecule has 2 rings (SSSR count). The molecule has 1 aliphatic heterocycles. The Morgan fingerprint density at radius 2 is 2.44 bits per heavy atom. The van der Waals surface area contributed by atoms with Crippen LogP contribution in [-0.2, 0) is 4.79 Å². The van der Waals surface area contributed by atoms with E-state index in [4.69, 9.17) is 11.0 Å². The van der Waals surface area contributed by atoms with Crippen LogP contribution in [0.4, 0.5) is 5.82 Å². The summed E-state index contributed by atoms with van der Waals surface area (Å²) in [5.41, 5.74) is 5.85. The molecule has 1 atom stereocenters. The van der Waals surface area contributed by atoms with Gasteiger partial charge in [-0.3, -0.25) is 4.79 Å². The first kappa shape index (κ1) is 12.8. The molecule has 94 valence electrons. The van der Waals surface area contributed by atoms with Gasteiger partial charge in [-0.25, -0.2) is 4.98 Å². The molecule has 2 N–H and O–H groups in total. The average Bonchev–Trinajstić information content (AvgIpc) is 2.38. The lowest BCUT2D eigenvalue weighted by molar-refractivity contribution is -0.122. The Morgan fingerprint density at radius 1 is 1.67 bits per heavy atom. The number of primary amides is 1. The van der Waals surface area contributed by atoms with Crippen LogP contribution in [0, 0.1) is 17.2 Å². The zero-order valence-electron chi connectivity index (χ0n) is 9.77. The first-order valence-electron chi connectivity index (χ1n) is 5.71. The van der Waals surface area contributed by atoms with E-state index in [0.29, 0.717) is 17.9 Å². The minimum Gasteiger partial charge on any atom is -0.369 e. The quantitative estimate of drug-likeness (QED) is 0.895. The Kier molecular flexibility index (Phi) is 3.82. The number of aromatic nitrogens is 1. The number of halogens is 1. The highest BCUT2D eigenvalue weighted by Crippen LogP contribution is 2.25. The summed E-state index contributed by atoms with van der Waals surface area (Å²) in [4.78, 5) is 17.5. The van der Waals surface area contributed by atoms with Gasteiger partial charge >= 0.3 is 0 Å². The second kappa shape index (κ2) is 5.36. The summed E-state index contributed by atoms with van der Waals surface area (Å²) in [6.45, 7) is 1.34. The number of anilines is 1. The predicted molar refractivity (Wildman–Crippen MR) is 70.8 cm³/mol. The van der Waals surface area contributed by atoms with Crippen molar-refractivity contribution in [3.8, 4) is 6.07 Å². The number of carbonyl (C=O) groups is 1. The summed E-state index contributed by atoms with van der Waals surface area (Å²) in [5.74, 6) is 0.192. The zero-order chi connectivity index (χ0) is 13.1. The zero-order valence-corrected chi connectivity index (χ0v) is 11.4. The number of nitriles is 1. The molecule has 6 heteroatoms. The monoisotopic (exact) mass is 308 g/mol. The molecule has 0 radical (unpaired) electrons. The number of nitrogens with zero attached hydrogens (tertiary/aromatic N) is 3. The molecular formula is C12H13BrN4O. The largest absolute Gasteiger partial charge is 0.369 e. The van der Waals surface area contributed by atoms with Crippen LogP contribution >= 0.6 is 15.9 Å². The normalized spacial score (nSPS) is 19.3. The van der Waals surface area contributed by atoms with Gasteiger partial charge in [0.15, 0.2) is 0 Å². The van der Waals surface area contributed by atoms with Crippen molar-refractivity contribution in [2.75, 3.05) is 18.0 Å². The topological polar surface area (TPSA) is 83.0 Å². The smallest absolute Gasteiger partial charge is 0.222 e. The third kappa shape index (κ3) is 2.62. The standard InChI is InChI=1S/C12H13BrN4O/c13-10-4-9(5-14)12(16-6-10)17-3-1-2-8(7-17)11(15)18/h4,6,8H,1-3,7H2,(H2,15,18). The van der Waals surface area contributed by atoms with Gasteiger partial charge < -0.3 is 10.6 Å². The number of rotatable bonds is 2. The second-order valence-electron chi connectivity index (χ2n) is 4.32. The lowest BCUT2D eigenvalue weighted by atomic mass is 9.97. The third-order valence-corrected chi connectivity index (χ3v) is 3.51. The molecule has 0 bridgehead atoms. The highest BCUT2D eigenvalue weighted by molar-refractivity contribution is 9.10. The van der Waals surface area contributed by atoms with E-state index in [0.717, 1.165) is 23.9 Å². The van der Waals surface area contributed by atoms with Gasteiger partial charge in [0.1, 0.15) is 11.9 Å². The molecule has 0 saturated carbocycles. The minimum atomic E-state index is -0.282. The maximum absolute atomic E-state index is 11.2. The van der Waals surface area contributed by atoms with Crippen LogP contribution < -0.4 is 10.6 Å². The van der Waals surface area contributed by atoms with E-state index in [-0.39, 0.29) is 11.8 Å². The van der Waals surface area contributed by atoms with E-state index in [1.807, 2.05) is 4.90 Å². The van der Waals surface area contributed by atoms with Crippen molar-refractivity contribution in [3.05, 3.63) is 22.3 Å². The van der Waals surface area contributed by atoms with E-state index in [2.05, 4.69) is 27.0 Å². The Labute approximate surface area is 114 Å². The SMILES string of the molecule is N#Cc1cc(Br)cnc1N1CCCC(C(N)=O)C1. The first-order chi connectivity index (χ1) is 8.61. The molecule has 0 spiro atoms. The average molecular weight is 309 g/mol. The molecule has 1 unspecified atom stereocenters. The fourth-order valence-electron chi connectivity index (χ4n) is 2.17. The highest BCUT2D eigenvalue weighted by Gasteiger charge is 2.26. The minimum absolute atomic E-state index is 0.157. The highest BCUT2D eigenvalue weighted by atomic mass is 79.9. The lowest BCUT2D eigenvalue weighted by Crippen LogP contribution is -2.41. The summed E-state index contributed by atoms with van der Waals surface area (Å²) < 4.78 is 0.770.